The lowest BCUT2D eigenvalue weighted by Crippen LogP contribution is -2.40. The van der Waals surface area contributed by atoms with Gasteiger partial charge in [0.05, 0.1) is 11.6 Å². The molecule has 9 nitrogen and oxygen atoms in total. The van der Waals surface area contributed by atoms with Crippen LogP contribution in [0.5, 0.6) is 0 Å². The number of guanidine groups is 1. The van der Waals surface area contributed by atoms with Crippen molar-refractivity contribution in [2.75, 3.05) is 45.2 Å². The van der Waals surface area contributed by atoms with Crippen LogP contribution in [0, 0.1) is 5.41 Å². The molecule has 3 N–H and O–H groups in total. The number of fused-ring (bicyclic) bond motifs is 1. The van der Waals surface area contributed by atoms with Crippen LogP contribution in [0.25, 0.3) is 11.0 Å². The molecule has 0 spiro atoms. The van der Waals surface area contributed by atoms with E-state index in [-0.39, 0.29) is 0 Å². The summed E-state index contributed by atoms with van der Waals surface area (Å²) in [6.07, 6.45) is 9.53. The quantitative estimate of drug-likeness (QED) is 0.317. The van der Waals surface area contributed by atoms with E-state index >= 15 is 0 Å². The Hall–Kier alpha value is -2.42. The number of rotatable bonds is 10. The third-order valence-electron chi connectivity index (χ3n) is 5.66. The van der Waals surface area contributed by atoms with Crippen molar-refractivity contribution in [2.24, 2.45) is 17.5 Å². The predicted molar refractivity (Wildman–Crippen MR) is 116 cm³/mol. The van der Waals surface area contributed by atoms with Gasteiger partial charge in [-0.25, -0.2) is 9.97 Å². The van der Waals surface area contributed by atoms with Crippen LogP contribution in [0.4, 0.5) is 5.82 Å². The molecule has 0 saturated heterocycles. The monoisotopic (exact) mass is 402 g/mol. The first-order chi connectivity index (χ1) is 14.2. The van der Waals surface area contributed by atoms with Gasteiger partial charge in [0.2, 0.25) is 0 Å². The molecule has 1 fully saturated rings. The Morgan fingerprint density at radius 3 is 2.83 bits per heavy atom. The molecule has 0 atom stereocenters. The maximum Gasteiger partial charge on any atom is 0.191 e. The minimum Gasteiger partial charge on any atom is -0.385 e. The lowest BCUT2D eigenvalue weighted by molar-refractivity contribution is 0.141. The predicted octanol–water partition coefficient (Wildman–Crippen LogP) is 1.93. The fourth-order valence-electron chi connectivity index (χ4n) is 3.98. The number of aliphatic imine (C=N–C) groups is 1. The minimum atomic E-state index is 0.295. The molecule has 3 rings (SSSR count). The first kappa shape index (κ1) is 21.3. The number of nitrogens with one attached hydrogen (secondary N) is 3. The molecular weight excluding hydrogens is 368 g/mol. The molecule has 2 aromatic rings. The largest absolute Gasteiger partial charge is 0.385 e. The SMILES string of the molecule is CCNC(=NCC1(CCOC)CCCC1)NCCNc1ncnc2c1cnn2C. The van der Waals surface area contributed by atoms with Crippen LogP contribution < -0.4 is 16.0 Å². The summed E-state index contributed by atoms with van der Waals surface area (Å²) in [5.41, 5.74) is 1.12. The van der Waals surface area contributed by atoms with E-state index in [0.29, 0.717) is 5.41 Å². The molecule has 1 saturated carbocycles. The van der Waals surface area contributed by atoms with Crippen molar-refractivity contribution in [3.05, 3.63) is 12.5 Å². The maximum absolute atomic E-state index is 5.33. The van der Waals surface area contributed by atoms with Gasteiger partial charge in [-0.05, 0) is 31.6 Å². The Bertz CT molecular complexity index is 797. The molecule has 2 heterocycles. The van der Waals surface area contributed by atoms with Crippen LogP contribution >= 0.6 is 0 Å². The summed E-state index contributed by atoms with van der Waals surface area (Å²) in [6.45, 7) is 6.05. The molecule has 0 unspecified atom stereocenters. The van der Waals surface area contributed by atoms with Crippen molar-refractivity contribution in [1.82, 2.24) is 30.4 Å². The van der Waals surface area contributed by atoms with Gasteiger partial charge < -0.3 is 20.7 Å². The first-order valence-electron chi connectivity index (χ1n) is 10.6. The highest BCUT2D eigenvalue weighted by Gasteiger charge is 2.33. The second-order valence-corrected chi connectivity index (χ2v) is 7.73. The molecule has 1 aliphatic carbocycles. The topological polar surface area (TPSA) is 101 Å². The van der Waals surface area contributed by atoms with E-state index in [1.54, 1.807) is 24.3 Å². The van der Waals surface area contributed by atoms with Gasteiger partial charge in [-0.3, -0.25) is 9.67 Å². The summed E-state index contributed by atoms with van der Waals surface area (Å²) in [4.78, 5) is 13.5. The number of methoxy groups -OCH3 is 1. The summed E-state index contributed by atoms with van der Waals surface area (Å²) >= 11 is 0. The third kappa shape index (κ3) is 5.56. The van der Waals surface area contributed by atoms with E-state index in [1.807, 2.05) is 7.05 Å². The van der Waals surface area contributed by atoms with Gasteiger partial charge in [-0.15, -0.1) is 0 Å². The van der Waals surface area contributed by atoms with Crippen molar-refractivity contribution < 1.29 is 4.74 Å². The van der Waals surface area contributed by atoms with E-state index in [0.717, 1.165) is 62.0 Å². The second-order valence-electron chi connectivity index (χ2n) is 7.73. The summed E-state index contributed by atoms with van der Waals surface area (Å²) in [6, 6.07) is 0. The van der Waals surface area contributed by atoms with E-state index < -0.39 is 0 Å². The molecule has 0 bridgehead atoms. The Morgan fingerprint density at radius 2 is 2.07 bits per heavy atom. The second kappa shape index (κ2) is 10.4. The molecule has 160 valence electrons. The average Bonchev–Trinajstić information content (AvgIpc) is 3.36. The lowest BCUT2D eigenvalue weighted by Gasteiger charge is -2.27. The van der Waals surface area contributed by atoms with Crippen LogP contribution in [0.15, 0.2) is 17.5 Å². The molecule has 0 aromatic carbocycles. The zero-order valence-corrected chi connectivity index (χ0v) is 17.9. The summed E-state index contributed by atoms with van der Waals surface area (Å²) in [7, 11) is 3.66. The van der Waals surface area contributed by atoms with Crippen LogP contribution in [0.3, 0.4) is 0 Å². The normalized spacial score (nSPS) is 16.3. The first-order valence-corrected chi connectivity index (χ1v) is 10.6. The molecule has 0 radical (unpaired) electrons. The minimum absolute atomic E-state index is 0.295. The zero-order valence-electron chi connectivity index (χ0n) is 17.9. The number of hydrogen-bond donors (Lipinski definition) is 3. The fourth-order valence-corrected chi connectivity index (χ4v) is 3.98. The van der Waals surface area contributed by atoms with Gasteiger partial charge in [0.25, 0.3) is 0 Å². The zero-order chi connectivity index (χ0) is 20.5. The molecular formula is C20H34N8O. The van der Waals surface area contributed by atoms with Gasteiger partial charge >= 0.3 is 0 Å². The summed E-state index contributed by atoms with van der Waals surface area (Å²) < 4.78 is 7.08. The number of anilines is 1. The Kier molecular flexibility index (Phi) is 7.62. The lowest BCUT2D eigenvalue weighted by atomic mass is 9.83. The van der Waals surface area contributed by atoms with Crippen LogP contribution in [0.1, 0.15) is 39.0 Å². The number of ether oxygens (including phenoxy) is 1. The number of aryl methyl sites for hydroxylation is 1. The molecule has 9 heteroatoms. The molecule has 29 heavy (non-hydrogen) atoms. The highest BCUT2D eigenvalue weighted by Crippen LogP contribution is 2.41. The van der Waals surface area contributed by atoms with Gasteiger partial charge in [-0.2, -0.15) is 5.10 Å². The Morgan fingerprint density at radius 1 is 1.24 bits per heavy atom. The summed E-state index contributed by atoms with van der Waals surface area (Å²) in [5.74, 6) is 1.67. The van der Waals surface area contributed by atoms with Gasteiger partial charge in [0.15, 0.2) is 11.6 Å². The van der Waals surface area contributed by atoms with Crippen LogP contribution in [-0.2, 0) is 11.8 Å². The van der Waals surface area contributed by atoms with Crippen LogP contribution in [0.2, 0.25) is 0 Å². The Balaban J connectivity index is 1.53. The van der Waals surface area contributed by atoms with Crippen molar-refractivity contribution in [2.45, 2.75) is 39.0 Å². The van der Waals surface area contributed by atoms with Gasteiger partial charge in [0.1, 0.15) is 12.1 Å². The average molecular weight is 403 g/mol. The van der Waals surface area contributed by atoms with Gasteiger partial charge in [0, 0.05) is 46.9 Å². The van der Waals surface area contributed by atoms with E-state index in [2.05, 4.69) is 37.9 Å². The van der Waals surface area contributed by atoms with E-state index in [1.165, 1.54) is 25.7 Å². The smallest absolute Gasteiger partial charge is 0.191 e. The molecule has 0 aliphatic heterocycles. The number of nitrogens with zero attached hydrogens (tertiary/aromatic N) is 5. The highest BCUT2D eigenvalue weighted by atomic mass is 16.5. The summed E-state index contributed by atoms with van der Waals surface area (Å²) in [5, 5.41) is 15.3. The van der Waals surface area contributed by atoms with Crippen molar-refractivity contribution in [3.63, 3.8) is 0 Å². The number of hydrogen-bond acceptors (Lipinski definition) is 6. The number of aromatic nitrogens is 4. The Labute approximate surface area is 172 Å². The van der Waals surface area contributed by atoms with E-state index in [4.69, 9.17) is 9.73 Å². The van der Waals surface area contributed by atoms with Gasteiger partial charge in [-0.1, -0.05) is 12.8 Å². The maximum atomic E-state index is 5.33. The molecule has 1 aliphatic rings. The van der Waals surface area contributed by atoms with Crippen molar-refractivity contribution >= 4 is 22.8 Å². The van der Waals surface area contributed by atoms with E-state index in [9.17, 15) is 0 Å². The highest BCUT2D eigenvalue weighted by molar-refractivity contribution is 5.86. The molecule has 0 amide bonds. The van der Waals surface area contributed by atoms with Crippen LogP contribution in [-0.4, -0.2) is 65.6 Å². The van der Waals surface area contributed by atoms with Crippen molar-refractivity contribution in [1.29, 1.82) is 0 Å². The molecule has 2 aromatic heterocycles. The standard InChI is InChI=1S/C20H34N8O/c1-4-21-19(24-14-20(9-12-29-3)7-5-6-8-20)23-11-10-22-17-16-13-27-28(2)18(16)26-15-25-17/h13,15H,4-12,14H2,1-3H3,(H2,21,23,24)(H,22,25,26). The fraction of sp³-hybridized carbons (Fsp3) is 0.700. The third-order valence-corrected chi connectivity index (χ3v) is 5.66. The van der Waals surface area contributed by atoms with Crippen molar-refractivity contribution in [3.8, 4) is 0 Å².